The molecule has 5 nitrogen and oxygen atoms in total. The number of carbonyl (C=O) groups is 1. The fraction of sp³-hybridized carbons (Fsp3) is 0.737. The monoisotopic (exact) mass is 336 g/mol. The Hall–Kier alpha value is -1.49. The van der Waals surface area contributed by atoms with Crippen LogP contribution in [0.25, 0.3) is 0 Å². The highest BCUT2D eigenvalue weighted by Crippen LogP contribution is 2.52. The first-order chi connectivity index (χ1) is 11.4. The smallest absolute Gasteiger partial charge is 0.236 e. The first-order valence-corrected chi connectivity index (χ1v) is 8.88. The maximum Gasteiger partial charge on any atom is 0.236 e. The quantitative estimate of drug-likeness (QED) is 0.717. The number of hydrogen-bond donors (Lipinski definition) is 0. The van der Waals surface area contributed by atoms with E-state index in [4.69, 9.17) is 9.47 Å². The van der Waals surface area contributed by atoms with Crippen LogP contribution in [-0.2, 0) is 14.3 Å². The lowest BCUT2D eigenvalue weighted by Gasteiger charge is -2.40. The van der Waals surface area contributed by atoms with Crippen LogP contribution >= 0.6 is 0 Å². The predicted molar refractivity (Wildman–Crippen MR) is 95.4 cm³/mol. The minimum Gasteiger partial charge on any atom is -0.500 e. The highest BCUT2D eigenvalue weighted by molar-refractivity contribution is 5.89. The van der Waals surface area contributed by atoms with Gasteiger partial charge in [0.15, 0.2) is 0 Å². The van der Waals surface area contributed by atoms with Gasteiger partial charge in [-0.2, -0.15) is 0 Å². The van der Waals surface area contributed by atoms with Crippen molar-refractivity contribution in [2.75, 3.05) is 47.9 Å². The van der Waals surface area contributed by atoms with E-state index in [9.17, 15) is 4.79 Å². The number of hydrogen-bond acceptors (Lipinski definition) is 4. The fourth-order valence-corrected chi connectivity index (χ4v) is 3.99. The zero-order chi connectivity index (χ0) is 18.0. The van der Waals surface area contributed by atoms with Crippen molar-refractivity contribution in [3.8, 4) is 0 Å². The van der Waals surface area contributed by atoms with Crippen LogP contribution in [0.5, 0.6) is 0 Å². The molecular weight excluding hydrogens is 304 g/mol. The third kappa shape index (κ3) is 2.94. The molecule has 2 rings (SSSR count). The molecule has 1 amide bonds. The van der Waals surface area contributed by atoms with Gasteiger partial charge in [0.25, 0.3) is 0 Å². The summed E-state index contributed by atoms with van der Waals surface area (Å²) in [5.74, 6) is 1.90. The van der Waals surface area contributed by atoms with Crippen molar-refractivity contribution in [3.63, 3.8) is 0 Å². The van der Waals surface area contributed by atoms with Crippen LogP contribution in [0.1, 0.15) is 33.1 Å². The van der Waals surface area contributed by atoms with Gasteiger partial charge < -0.3 is 19.3 Å². The zero-order valence-electron chi connectivity index (χ0n) is 16.0. The molecule has 0 aromatic rings. The summed E-state index contributed by atoms with van der Waals surface area (Å²) in [6.07, 6.45) is 6.67. The molecule has 0 aromatic heterocycles. The lowest BCUT2D eigenvalue weighted by atomic mass is 9.68. The third-order valence-corrected chi connectivity index (χ3v) is 5.67. The molecule has 0 radical (unpaired) electrons. The number of rotatable bonds is 7. The second-order valence-corrected chi connectivity index (χ2v) is 7.10. The molecule has 1 aliphatic carbocycles. The topological polar surface area (TPSA) is 42.0 Å². The van der Waals surface area contributed by atoms with Crippen molar-refractivity contribution in [2.45, 2.75) is 33.1 Å². The first-order valence-electron chi connectivity index (χ1n) is 8.88. The standard InChI is InChI=1S/C19H32N2O3/c1-7-19(8-2)15(23-5)13-18(14-16(19)24-6)9-10-21(17(18)22)12-11-20(3)4/h13-14H,7-12H2,1-6H3. The van der Waals surface area contributed by atoms with Crippen LogP contribution < -0.4 is 0 Å². The minimum absolute atomic E-state index is 0.161. The molecule has 0 atom stereocenters. The van der Waals surface area contributed by atoms with Crippen LogP contribution in [0, 0.1) is 10.8 Å². The van der Waals surface area contributed by atoms with Crippen LogP contribution in [-0.4, -0.2) is 63.7 Å². The van der Waals surface area contributed by atoms with E-state index in [1.54, 1.807) is 14.2 Å². The number of nitrogens with zero attached hydrogens (tertiary/aromatic N) is 2. The van der Waals surface area contributed by atoms with Crippen molar-refractivity contribution in [2.24, 2.45) is 10.8 Å². The molecule has 136 valence electrons. The maximum absolute atomic E-state index is 13.1. The molecule has 1 saturated heterocycles. The molecule has 5 heteroatoms. The van der Waals surface area contributed by atoms with Crippen molar-refractivity contribution >= 4 is 5.91 Å². The predicted octanol–water partition coefficient (Wildman–Crippen LogP) is 2.65. The number of likely N-dealkylation sites (N-methyl/N-ethyl adjacent to an activating group) is 1. The highest BCUT2D eigenvalue weighted by atomic mass is 16.5. The Morgan fingerprint density at radius 2 is 1.67 bits per heavy atom. The normalized spacial score (nSPS) is 22.0. The van der Waals surface area contributed by atoms with Crippen LogP contribution in [0.2, 0.25) is 0 Å². The molecular formula is C19H32N2O3. The average Bonchev–Trinajstić information content (AvgIpc) is 2.88. The largest absolute Gasteiger partial charge is 0.500 e. The van der Waals surface area contributed by atoms with Gasteiger partial charge in [-0.05, 0) is 45.5 Å². The Bertz CT molecular complexity index is 509. The summed E-state index contributed by atoms with van der Waals surface area (Å²) in [6.45, 7) is 6.69. The van der Waals surface area contributed by atoms with Gasteiger partial charge in [0.1, 0.15) is 11.5 Å². The van der Waals surface area contributed by atoms with E-state index in [2.05, 4.69) is 30.9 Å². The Morgan fingerprint density at radius 3 is 2.08 bits per heavy atom. The number of likely N-dealkylation sites (tertiary alicyclic amines) is 1. The van der Waals surface area contributed by atoms with E-state index in [1.165, 1.54) is 0 Å². The van der Waals surface area contributed by atoms with Gasteiger partial charge in [-0.3, -0.25) is 4.79 Å². The van der Waals surface area contributed by atoms with E-state index < -0.39 is 5.41 Å². The lowest BCUT2D eigenvalue weighted by molar-refractivity contribution is -0.132. The fourth-order valence-electron chi connectivity index (χ4n) is 3.99. The Labute approximate surface area is 146 Å². The van der Waals surface area contributed by atoms with Gasteiger partial charge >= 0.3 is 0 Å². The Balaban J connectivity index is 2.38. The van der Waals surface area contributed by atoms with Gasteiger partial charge in [-0.1, -0.05) is 13.8 Å². The second-order valence-electron chi connectivity index (χ2n) is 7.10. The summed E-state index contributed by atoms with van der Waals surface area (Å²) in [5, 5.41) is 0. The van der Waals surface area contributed by atoms with Crippen LogP contribution in [0.3, 0.4) is 0 Å². The minimum atomic E-state index is -0.614. The molecule has 1 fully saturated rings. The molecule has 2 aliphatic rings. The van der Waals surface area contributed by atoms with Gasteiger partial charge in [0, 0.05) is 19.6 Å². The van der Waals surface area contributed by atoms with Crippen LogP contribution in [0.15, 0.2) is 23.7 Å². The Kier molecular flexibility index (Phi) is 5.63. The number of amides is 1. The zero-order valence-corrected chi connectivity index (χ0v) is 16.0. The van der Waals surface area contributed by atoms with Crippen molar-refractivity contribution in [1.82, 2.24) is 9.80 Å². The van der Waals surface area contributed by atoms with E-state index in [1.807, 2.05) is 19.0 Å². The summed E-state index contributed by atoms with van der Waals surface area (Å²) >= 11 is 0. The molecule has 24 heavy (non-hydrogen) atoms. The van der Waals surface area contributed by atoms with E-state index >= 15 is 0 Å². The molecule has 0 N–H and O–H groups in total. The summed E-state index contributed by atoms with van der Waals surface area (Å²) in [6, 6.07) is 0. The summed E-state index contributed by atoms with van der Waals surface area (Å²) in [5.41, 5.74) is -0.872. The molecule has 1 spiro atoms. The summed E-state index contributed by atoms with van der Waals surface area (Å²) < 4.78 is 11.5. The number of carbonyl (C=O) groups excluding carboxylic acids is 1. The Morgan fingerprint density at radius 1 is 1.12 bits per heavy atom. The van der Waals surface area contributed by atoms with E-state index in [0.29, 0.717) is 0 Å². The first kappa shape index (κ1) is 18.8. The van der Waals surface area contributed by atoms with E-state index in [-0.39, 0.29) is 11.3 Å². The number of ether oxygens (including phenoxy) is 2. The van der Waals surface area contributed by atoms with Gasteiger partial charge in [-0.15, -0.1) is 0 Å². The van der Waals surface area contributed by atoms with Crippen molar-refractivity contribution in [1.29, 1.82) is 0 Å². The average molecular weight is 336 g/mol. The molecule has 0 aromatic carbocycles. The van der Waals surface area contributed by atoms with Gasteiger partial charge in [-0.25, -0.2) is 0 Å². The summed E-state index contributed by atoms with van der Waals surface area (Å²) in [7, 11) is 7.45. The molecule has 1 aliphatic heterocycles. The molecule has 0 bridgehead atoms. The SMILES string of the molecule is CCC1(CC)C(OC)=CC2(C=C1OC)CCN(CCN(C)C)C2=O. The molecule has 0 unspecified atom stereocenters. The van der Waals surface area contributed by atoms with Crippen molar-refractivity contribution in [3.05, 3.63) is 23.7 Å². The third-order valence-electron chi connectivity index (χ3n) is 5.67. The van der Waals surface area contributed by atoms with Gasteiger partial charge in [0.05, 0.1) is 25.0 Å². The van der Waals surface area contributed by atoms with Gasteiger partial charge in [0.2, 0.25) is 5.91 Å². The van der Waals surface area contributed by atoms with Crippen molar-refractivity contribution < 1.29 is 14.3 Å². The molecule has 1 heterocycles. The maximum atomic E-state index is 13.1. The summed E-state index contributed by atoms with van der Waals surface area (Å²) in [4.78, 5) is 17.2. The highest BCUT2D eigenvalue weighted by Gasteiger charge is 2.51. The van der Waals surface area contributed by atoms with E-state index in [0.717, 1.165) is 50.4 Å². The molecule has 0 saturated carbocycles. The number of methoxy groups -OCH3 is 2. The second kappa shape index (κ2) is 7.18. The lowest BCUT2D eigenvalue weighted by Crippen LogP contribution is -2.40. The van der Waals surface area contributed by atoms with Crippen LogP contribution in [0.4, 0.5) is 0 Å².